The lowest BCUT2D eigenvalue weighted by Crippen LogP contribution is -2.13. The van der Waals surface area contributed by atoms with E-state index in [1.54, 1.807) is 17.8 Å². The van der Waals surface area contributed by atoms with Crippen molar-refractivity contribution in [2.45, 2.75) is 13.5 Å². The summed E-state index contributed by atoms with van der Waals surface area (Å²) in [6, 6.07) is 7.93. The predicted octanol–water partition coefficient (Wildman–Crippen LogP) is 2.88. The van der Waals surface area contributed by atoms with Gasteiger partial charge in [0, 0.05) is 16.2 Å². The fourth-order valence-corrected chi connectivity index (χ4v) is 1.84. The second-order valence-corrected chi connectivity index (χ2v) is 4.65. The third-order valence-corrected chi connectivity index (χ3v) is 2.94. The largest absolute Gasteiger partial charge is 0.465 e. The molecule has 1 heterocycles. The van der Waals surface area contributed by atoms with Gasteiger partial charge in [0.25, 0.3) is 0 Å². The molecule has 0 spiro atoms. The molecule has 0 N–H and O–H groups in total. The van der Waals surface area contributed by atoms with Crippen molar-refractivity contribution in [2.75, 3.05) is 6.61 Å². The Morgan fingerprint density at radius 1 is 1.33 bits per heavy atom. The first-order chi connectivity index (χ1) is 8.69. The Morgan fingerprint density at radius 2 is 2.06 bits per heavy atom. The minimum absolute atomic E-state index is 0.143. The fraction of sp³-hybridized carbons (Fsp3) is 0.231. The summed E-state index contributed by atoms with van der Waals surface area (Å²) < 4.78 is 7.48. The van der Waals surface area contributed by atoms with Crippen LogP contribution >= 0.6 is 15.9 Å². The molecular weight excluding hydrogens is 296 g/mol. The lowest BCUT2D eigenvalue weighted by molar-refractivity contribution is -0.144. The van der Waals surface area contributed by atoms with Gasteiger partial charge < -0.3 is 4.74 Å². The average molecular weight is 309 g/mol. The number of aromatic nitrogens is 2. The minimum Gasteiger partial charge on any atom is -0.465 e. The lowest BCUT2D eigenvalue weighted by atomic mass is 10.1. The summed E-state index contributed by atoms with van der Waals surface area (Å²) in [7, 11) is 0. The summed E-state index contributed by atoms with van der Waals surface area (Å²) in [6.45, 7) is 2.32. The van der Waals surface area contributed by atoms with Crippen molar-refractivity contribution in [2.24, 2.45) is 0 Å². The highest BCUT2D eigenvalue weighted by atomic mass is 79.9. The van der Waals surface area contributed by atoms with Crippen LogP contribution in [-0.2, 0) is 16.1 Å². The highest BCUT2D eigenvalue weighted by Crippen LogP contribution is 2.20. The van der Waals surface area contributed by atoms with E-state index in [9.17, 15) is 4.79 Å². The summed E-state index contributed by atoms with van der Waals surface area (Å²) in [6.07, 6.45) is 3.57. The van der Waals surface area contributed by atoms with Crippen molar-refractivity contribution in [1.82, 2.24) is 9.78 Å². The number of nitrogens with zero attached hydrogens (tertiary/aromatic N) is 2. The van der Waals surface area contributed by atoms with Crippen LogP contribution in [0.4, 0.5) is 0 Å². The average Bonchev–Trinajstić information content (AvgIpc) is 2.78. The summed E-state index contributed by atoms with van der Waals surface area (Å²) in [5.41, 5.74) is 2.04. The zero-order valence-corrected chi connectivity index (χ0v) is 11.6. The number of rotatable bonds is 4. The molecule has 2 rings (SSSR count). The Balaban J connectivity index is 2.10. The third-order valence-electron chi connectivity index (χ3n) is 2.41. The Hall–Kier alpha value is -1.62. The smallest absolute Gasteiger partial charge is 0.327 e. The summed E-state index contributed by atoms with van der Waals surface area (Å²) >= 11 is 3.39. The van der Waals surface area contributed by atoms with Gasteiger partial charge >= 0.3 is 5.97 Å². The molecular formula is C13H13BrN2O2. The van der Waals surface area contributed by atoms with E-state index < -0.39 is 0 Å². The Bertz CT molecular complexity index is 534. The second kappa shape index (κ2) is 5.82. The van der Waals surface area contributed by atoms with Crippen LogP contribution in [0, 0.1) is 0 Å². The number of esters is 1. The van der Waals surface area contributed by atoms with Gasteiger partial charge in [0.15, 0.2) is 0 Å². The number of hydrogen-bond acceptors (Lipinski definition) is 3. The van der Waals surface area contributed by atoms with Crippen LogP contribution in [0.25, 0.3) is 11.1 Å². The molecule has 4 nitrogen and oxygen atoms in total. The quantitative estimate of drug-likeness (QED) is 0.816. The molecule has 2 aromatic rings. The predicted molar refractivity (Wildman–Crippen MR) is 72.0 cm³/mol. The van der Waals surface area contributed by atoms with Gasteiger partial charge in [-0.1, -0.05) is 28.1 Å². The molecule has 94 valence electrons. The molecule has 0 aliphatic rings. The standard InChI is InChI=1S/C13H13BrN2O2/c1-2-18-13(17)9-16-8-11(7-15-16)10-3-5-12(14)6-4-10/h3-8H,2,9H2,1H3. The second-order valence-electron chi connectivity index (χ2n) is 3.74. The molecule has 0 amide bonds. The van der Waals surface area contributed by atoms with Crippen LogP contribution in [0.15, 0.2) is 41.1 Å². The van der Waals surface area contributed by atoms with Crippen molar-refractivity contribution in [1.29, 1.82) is 0 Å². The minimum atomic E-state index is -0.275. The zero-order chi connectivity index (χ0) is 13.0. The molecule has 0 saturated heterocycles. The fourth-order valence-electron chi connectivity index (χ4n) is 1.58. The SMILES string of the molecule is CCOC(=O)Cn1cc(-c2ccc(Br)cc2)cn1. The van der Waals surface area contributed by atoms with Crippen molar-refractivity contribution in [3.05, 3.63) is 41.1 Å². The molecule has 0 unspecified atom stereocenters. The van der Waals surface area contributed by atoms with Gasteiger partial charge in [-0.15, -0.1) is 0 Å². The van der Waals surface area contributed by atoms with Crippen molar-refractivity contribution in [3.8, 4) is 11.1 Å². The van der Waals surface area contributed by atoms with Crippen molar-refractivity contribution < 1.29 is 9.53 Å². The first-order valence-electron chi connectivity index (χ1n) is 5.63. The molecule has 0 aliphatic carbocycles. The monoisotopic (exact) mass is 308 g/mol. The van der Waals surface area contributed by atoms with Gasteiger partial charge in [-0.05, 0) is 24.6 Å². The lowest BCUT2D eigenvalue weighted by Gasteiger charge is -2.01. The Labute approximate surface area is 114 Å². The first kappa shape index (κ1) is 12.8. The van der Waals surface area contributed by atoms with Crippen LogP contribution in [0.3, 0.4) is 0 Å². The molecule has 1 aromatic heterocycles. The molecule has 0 aliphatic heterocycles. The van der Waals surface area contributed by atoms with Gasteiger partial charge in [0.1, 0.15) is 6.54 Å². The van der Waals surface area contributed by atoms with E-state index in [1.807, 2.05) is 30.5 Å². The number of benzene rings is 1. The molecule has 0 fully saturated rings. The van der Waals surface area contributed by atoms with Gasteiger partial charge in [0.05, 0.1) is 12.8 Å². The van der Waals surface area contributed by atoms with Gasteiger partial charge in [0.2, 0.25) is 0 Å². The first-order valence-corrected chi connectivity index (χ1v) is 6.42. The van der Waals surface area contributed by atoms with Crippen LogP contribution in [0.5, 0.6) is 0 Å². The van der Waals surface area contributed by atoms with Crippen molar-refractivity contribution in [3.63, 3.8) is 0 Å². The molecule has 0 bridgehead atoms. The van der Waals surface area contributed by atoms with Crippen LogP contribution in [0.2, 0.25) is 0 Å². The number of halogens is 1. The zero-order valence-electron chi connectivity index (χ0n) is 9.97. The maximum atomic E-state index is 11.3. The van der Waals surface area contributed by atoms with Crippen molar-refractivity contribution >= 4 is 21.9 Å². The van der Waals surface area contributed by atoms with Crippen LogP contribution in [-0.4, -0.2) is 22.4 Å². The molecule has 1 aromatic carbocycles. The topological polar surface area (TPSA) is 44.1 Å². The Kier molecular flexibility index (Phi) is 4.15. The normalized spacial score (nSPS) is 10.3. The van der Waals surface area contributed by atoms with E-state index in [1.165, 1.54) is 0 Å². The van der Waals surface area contributed by atoms with E-state index in [0.717, 1.165) is 15.6 Å². The Morgan fingerprint density at radius 3 is 2.72 bits per heavy atom. The summed E-state index contributed by atoms with van der Waals surface area (Å²) in [5.74, 6) is -0.275. The molecule has 0 radical (unpaired) electrons. The molecule has 0 saturated carbocycles. The van der Waals surface area contributed by atoms with Crippen LogP contribution < -0.4 is 0 Å². The molecule has 18 heavy (non-hydrogen) atoms. The van der Waals surface area contributed by atoms with E-state index >= 15 is 0 Å². The summed E-state index contributed by atoms with van der Waals surface area (Å²) in [4.78, 5) is 11.3. The van der Waals surface area contributed by atoms with Gasteiger partial charge in [-0.25, -0.2) is 0 Å². The number of carbonyl (C=O) groups excluding carboxylic acids is 1. The van der Waals surface area contributed by atoms with E-state index in [4.69, 9.17) is 4.74 Å². The van der Waals surface area contributed by atoms with Gasteiger partial charge in [-0.2, -0.15) is 5.10 Å². The van der Waals surface area contributed by atoms with E-state index in [-0.39, 0.29) is 12.5 Å². The highest BCUT2D eigenvalue weighted by Gasteiger charge is 2.06. The molecule has 0 atom stereocenters. The van der Waals surface area contributed by atoms with E-state index in [2.05, 4.69) is 21.0 Å². The summed E-state index contributed by atoms with van der Waals surface area (Å²) in [5, 5.41) is 4.14. The maximum absolute atomic E-state index is 11.3. The third kappa shape index (κ3) is 3.20. The number of carbonyl (C=O) groups is 1. The number of hydrogen-bond donors (Lipinski definition) is 0. The highest BCUT2D eigenvalue weighted by molar-refractivity contribution is 9.10. The molecule has 5 heteroatoms. The number of ether oxygens (including phenoxy) is 1. The van der Waals surface area contributed by atoms with E-state index in [0.29, 0.717) is 6.61 Å². The maximum Gasteiger partial charge on any atom is 0.327 e. The van der Waals surface area contributed by atoms with Crippen LogP contribution in [0.1, 0.15) is 6.92 Å². The van der Waals surface area contributed by atoms with Gasteiger partial charge in [-0.3, -0.25) is 9.48 Å².